The van der Waals surface area contributed by atoms with Gasteiger partial charge >= 0.3 is 0 Å². The minimum Gasteiger partial charge on any atom is -0.387 e. The Bertz CT molecular complexity index is 311. The summed E-state index contributed by atoms with van der Waals surface area (Å²) < 4.78 is 1.50. The van der Waals surface area contributed by atoms with E-state index < -0.39 is 6.10 Å². The topological polar surface area (TPSA) is 64.1 Å². The Kier molecular flexibility index (Phi) is 2.36. The number of anilines is 1. The lowest BCUT2D eigenvalue weighted by atomic mass is 10.1. The van der Waals surface area contributed by atoms with E-state index in [9.17, 15) is 5.11 Å². The van der Waals surface area contributed by atoms with Crippen LogP contribution in [-0.4, -0.2) is 14.9 Å². The molecular weight excluding hydrogens is 154 g/mol. The first-order valence-corrected chi connectivity index (χ1v) is 3.55. The second-order valence-corrected chi connectivity index (χ2v) is 2.53. The minimum absolute atomic E-state index is 0.260. The maximum absolute atomic E-state index is 9.44. The van der Waals surface area contributed by atoms with Gasteiger partial charge in [0.05, 0.1) is 12.3 Å². The minimum atomic E-state index is -0.705. The van der Waals surface area contributed by atoms with Gasteiger partial charge in [-0.15, -0.1) is 12.3 Å². The molecule has 0 aliphatic heterocycles. The first-order valence-electron chi connectivity index (χ1n) is 3.55. The van der Waals surface area contributed by atoms with Crippen LogP contribution in [0.2, 0.25) is 0 Å². The number of aliphatic hydroxyl groups is 1. The highest BCUT2D eigenvalue weighted by Crippen LogP contribution is 2.21. The summed E-state index contributed by atoms with van der Waals surface area (Å²) in [7, 11) is 1.71. The van der Waals surface area contributed by atoms with Gasteiger partial charge < -0.3 is 10.8 Å². The van der Waals surface area contributed by atoms with Gasteiger partial charge in [0.25, 0.3) is 0 Å². The van der Waals surface area contributed by atoms with Gasteiger partial charge in [0.15, 0.2) is 0 Å². The van der Waals surface area contributed by atoms with Gasteiger partial charge in [-0.3, -0.25) is 4.68 Å². The lowest BCUT2D eigenvalue weighted by Gasteiger charge is -2.04. The van der Waals surface area contributed by atoms with Crippen molar-refractivity contribution in [3.05, 3.63) is 11.8 Å². The summed E-state index contributed by atoms with van der Waals surface area (Å²) in [5.41, 5.74) is 6.20. The van der Waals surface area contributed by atoms with Gasteiger partial charge in [0, 0.05) is 19.0 Å². The van der Waals surface area contributed by atoms with E-state index in [1.807, 2.05) is 0 Å². The summed E-state index contributed by atoms with van der Waals surface area (Å²) >= 11 is 0. The lowest BCUT2D eigenvalue weighted by molar-refractivity contribution is 0.185. The van der Waals surface area contributed by atoms with E-state index in [1.165, 1.54) is 10.9 Å². The number of aromatic nitrogens is 2. The van der Waals surface area contributed by atoms with Crippen LogP contribution in [0.5, 0.6) is 0 Å². The van der Waals surface area contributed by atoms with Crippen LogP contribution in [-0.2, 0) is 7.05 Å². The first kappa shape index (κ1) is 8.62. The number of hydrogen-bond donors (Lipinski definition) is 2. The van der Waals surface area contributed by atoms with Crippen molar-refractivity contribution in [3.63, 3.8) is 0 Å². The number of hydrogen-bond acceptors (Lipinski definition) is 3. The van der Waals surface area contributed by atoms with Gasteiger partial charge in [-0.25, -0.2) is 0 Å². The zero-order valence-corrected chi connectivity index (χ0v) is 6.86. The second kappa shape index (κ2) is 3.28. The highest BCUT2D eigenvalue weighted by atomic mass is 16.3. The molecule has 1 unspecified atom stereocenters. The van der Waals surface area contributed by atoms with Gasteiger partial charge in [0.2, 0.25) is 0 Å². The molecule has 0 bridgehead atoms. The van der Waals surface area contributed by atoms with Crippen LogP contribution in [0, 0.1) is 12.3 Å². The summed E-state index contributed by atoms with van der Waals surface area (Å²) in [5, 5.41) is 13.3. The predicted octanol–water partition coefficient (Wildman–Crippen LogP) is 0.0590. The number of nitrogens with zero attached hydrogens (tertiary/aromatic N) is 2. The Morgan fingerprint density at radius 2 is 2.58 bits per heavy atom. The maximum Gasteiger partial charge on any atom is 0.127 e. The number of terminal acetylenes is 1. The molecule has 0 aliphatic rings. The van der Waals surface area contributed by atoms with Gasteiger partial charge in [-0.1, -0.05) is 0 Å². The van der Waals surface area contributed by atoms with E-state index in [1.54, 1.807) is 7.05 Å². The second-order valence-electron chi connectivity index (χ2n) is 2.53. The van der Waals surface area contributed by atoms with Gasteiger partial charge in [-0.2, -0.15) is 5.10 Å². The fourth-order valence-electron chi connectivity index (χ4n) is 0.942. The predicted molar refractivity (Wildman–Crippen MR) is 46.0 cm³/mol. The molecule has 1 rings (SSSR count). The molecule has 4 nitrogen and oxygen atoms in total. The van der Waals surface area contributed by atoms with E-state index >= 15 is 0 Å². The summed E-state index contributed by atoms with van der Waals surface area (Å²) in [6, 6.07) is 0. The fourth-order valence-corrected chi connectivity index (χ4v) is 0.942. The largest absolute Gasteiger partial charge is 0.387 e. The van der Waals surface area contributed by atoms with Crippen LogP contribution < -0.4 is 5.73 Å². The van der Waals surface area contributed by atoms with E-state index in [2.05, 4.69) is 11.0 Å². The molecule has 0 amide bonds. The highest BCUT2D eigenvalue weighted by Gasteiger charge is 2.12. The van der Waals surface area contributed by atoms with Crippen molar-refractivity contribution < 1.29 is 5.11 Å². The SMILES string of the molecule is C#CCC(O)c1cnn(C)c1N. The van der Waals surface area contributed by atoms with Gasteiger partial charge in [0.1, 0.15) is 5.82 Å². The van der Waals surface area contributed by atoms with Crippen molar-refractivity contribution in [3.8, 4) is 12.3 Å². The number of aryl methyl sites for hydroxylation is 1. The first-order chi connectivity index (χ1) is 5.66. The third kappa shape index (κ3) is 1.41. The van der Waals surface area contributed by atoms with Crippen LogP contribution in [0.1, 0.15) is 18.1 Å². The smallest absolute Gasteiger partial charge is 0.127 e. The summed E-state index contributed by atoms with van der Waals surface area (Å²) in [4.78, 5) is 0. The molecule has 3 N–H and O–H groups in total. The molecule has 1 atom stereocenters. The Morgan fingerprint density at radius 1 is 1.92 bits per heavy atom. The molecule has 0 radical (unpaired) electrons. The summed E-state index contributed by atoms with van der Waals surface area (Å²) in [6.07, 6.45) is 6.13. The Balaban J connectivity index is 2.89. The Hall–Kier alpha value is -1.47. The fraction of sp³-hybridized carbons (Fsp3) is 0.375. The molecule has 0 aromatic carbocycles. The molecule has 0 saturated heterocycles. The molecule has 12 heavy (non-hydrogen) atoms. The molecular formula is C8H11N3O. The summed E-state index contributed by atoms with van der Waals surface area (Å²) in [5.74, 6) is 2.82. The zero-order chi connectivity index (χ0) is 9.14. The van der Waals surface area contributed by atoms with Gasteiger partial charge in [-0.05, 0) is 0 Å². The average Bonchev–Trinajstić information content (AvgIpc) is 2.34. The quantitative estimate of drug-likeness (QED) is 0.609. The van der Waals surface area contributed by atoms with Crippen molar-refractivity contribution in [2.75, 3.05) is 5.73 Å². The highest BCUT2D eigenvalue weighted by molar-refractivity contribution is 5.40. The standard InChI is InChI=1S/C8H11N3O/c1-3-4-7(12)6-5-10-11(2)8(6)9/h1,5,7,12H,4,9H2,2H3. The van der Waals surface area contributed by atoms with Crippen LogP contribution in [0.25, 0.3) is 0 Å². The van der Waals surface area contributed by atoms with E-state index in [0.29, 0.717) is 11.4 Å². The molecule has 0 spiro atoms. The Morgan fingerprint density at radius 3 is 3.00 bits per heavy atom. The van der Waals surface area contributed by atoms with E-state index in [0.717, 1.165) is 0 Å². The van der Waals surface area contributed by atoms with Crippen LogP contribution >= 0.6 is 0 Å². The lowest BCUT2D eigenvalue weighted by Crippen LogP contribution is -2.02. The van der Waals surface area contributed by atoms with Crippen LogP contribution in [0.3, 0.4) is 0 Å². The summed E-state index contributed by atoms with van der Waals surface area (Å²) in [6.45, 7) is 0. The number of aliphatic hydroxyl groups excluding tert-OH is 1. The van der Waals surface area contributed by atoms with Crippen LogP contribution in [0.4, 0.5) is 5.82 Å². The van der Waals surface area contributed by atoms with Crippen LogP contribution in [0.15, 0.2) is 6.20 Å². The monoisotopic (exact) mass is 165 g/mol. The van der Waals surface area contributed by atoms with Crippen molar-refractivity contribution >= 4 is 5.82 Å². The molecule has 0 aliphatic carbocycles. The van der Waals surface area contributed by atoms with Crippen molar-refractivity contribution in [2.45, 2.75) is 12.5 Å². The molecule has 4 heteroatoms. The zero-order valence-electron chi connectivity index (χ0n) is 6.86. The number of rotatable bonds is 2. The molecule has 1 aromatic heterocycles. The maximum atomic E-state index is 9.44. The average molecular weight is 165 g/mol. The number of nitrogen functional groups attached to an aromatic ring is 1. The Labute approximate surface area is 71.0 Å². The normalized spacial score (nSPS) is 12.4. The van der Waals surface area contributed by atoms with Crippen molar-refractivity contribution in [1.82, 2.24) is 9.78 Å². The number of nitrogens with two attached hydrogens (primary N) is 1. The third-order valence-corrected chi connectivity index (χ3v) is 1.68. The third-order valence-electron chi connectivity index (χ3n) is 1.68. The molecule has 1 heterocycles. The molecule has 64 valence electrons. The molecule has 0 fully saturated rings. The van der Waals surface area contributed by atoms with E-state index in [-0.39, 0.29) is 6.42 Å². The van der Waals surface area contributed by atoms with Crippen molar-refractivity contribution in [1.29, 1.82) is 0 Å². The van der Waals surface area contributed by atoms with E-state index in [4.69, 9.17) is 12.2 Å². The molecule has 0 saturated carbocycles. The molecule has 1 aromatic rings. The van der Waals surface area contributed by atoms with Crippen molar-refractivity contribution in [2.24, 2.45) is 7.05 Å².